The second-order valence-electron chi connectivity index (χ2n) is 13.1. The molecule has 1 atom stereocenters. The van der Waals surface area contributed by atoms with Crippen molar-refractivity contribution in [2.45, 2.75) is 131 Å². The minimum atomic E-state index is -0.428. The second-order valence-corrected chi connectivity index (χ2v) is 13.1. The van der Waals surface area contributed by atoms with Crippen LogP contribution in [-0.4, -0.2) is 45.6 Å². The molecule has 1 saturated carbocycles. The van der Waals surface area contributed by atoms with E-state index in [1.54, 1.807) is 0 Å². The number of likely N-dealkylation sites (tertiary alicyclic amines) is 1. The van der Waals surface area contributed by atoms with Crippen LogP contribution in [0.5, 0.6) is 0 Å². The third-order valence-corrected chi connectivity index (χ3v) is 8.44. The van der Waals surface area contributed by atoms with Gasteiger partial charge in [0, 0.05) is 37.2 Å². The van der Waals surface area contributed by atoms with Gasteiger partial charge in [0.05, 0.1) is 0 Å². The van der Waals surface area contributed by atoms with E-state index in [9.17, 15) is 4.79 Å². The van der Waals surface area contributed by atoms with Gasteiger partial charge in [-0.2, -0.15) is 5.10 Å². The normalized spacial score (nSPS) is 19.8. The van der Waals surface area contributed by atoms with Gasteiger partial charge in [-0.05, 0) is 89.7 Å². The number of piperidine rings is 1. The highest BCUT2D eigenvalue weighted by molar-refractivity contribution is 6.03. The molecule has 2 fully saturated rings. The lowest BCUT2D eigenvalue weighted by Crippen LogP contribution is -2.40. The summed E-state index contributed by atoms with van der Waals surface area (Å²) >= 11 is 0. The Morgan fingerprint density at radius 1 is 1.27 bits per heavy atom. The van der Waals surface area contributed by atoms with Gasteiger partial charge in [-0.25, -0.2) is 4.99 Å². The molecule has 40 heavy (non-hydrogen) atoms. The summed E-state index contributed by atoms with van der Waals surface area (Å²) in [7, 11) is 0. The lowest BCUT2D eigenvalue weighted by molar-refractivity contribution is -0.156. The Bertz CT molecular complexity index is 1020. The fraction of sp³-hybridized carbons (Fsp3) is 0.727. The number of ether oxygens (including phenoxy) is 1. The molecule has 2 aliphatic rings. The number of aromatic amines is 1. The Balaban J connectivity index is 1.67. The molecule has 0 bridgehead atoms. The standard InChI is InChI=1S/C33H55N5O2/c1-8-11-17-30(35-28(14-9-2)34-29-23-27(36-37-29)26-15-12-13-16-26)38-20-18-33(10-3,19-21-38)24-25(4)22-31(39)40-32(5,6)7/h9,14,17,23,25-26H,8,10-13,15-16,18-22,24H2,1-7H3,(H2,34,35,36,37)/b14-9-,30-17-. The maximum absolute atomic E-state index is 12.4. The van der Waals surface area contributed by atoms with Crippen LogP contribution in [0.15, 0.2) is 35.1 Å². The number of esters is 1. The van der Waals surface area contributed by atoms with Crippen LogP contribution in [-0.2, 0) is 9.53 Å². The van der Waals surface area contributed by atoms with E-state index < -0.39 is 5.60 Å². The van der Waals surface area contributed by atoms with E-state index in [2.05, 4.69) is 53.3 Å². The van der Waals surface area contributed by atoms with Gasteiger partial charge >= 0.3 is 5.97 Å². The summed E-state index contributed by atoms with van der Waals surface area (Å²) in [5, 5.41) is 11.3. The highest BCUT2D eigenvalue weighted by Crippen LogP contribution is 2.42. The number of rotatable bonds is 12. The van der Waals surface area contributed by atoms with Crippen LogP contribution in [0.3, 0.4) is 0 Å². The maximum atomic E-state index is 12.4. The van der Waals surface area contributed by atoms with Crippen LogP contribution in [0, 0.1) is 11.3 Å². The van der Waals surface area contributed by atoms with Crippen molar-refractivity contribution in [1.82, 2.24) is 15.1 Å². The van der Waals surface area contributed by atoms with Crippen molar-refractivity contribution in [3.63, 3.8) is 0 Å². The number of H-pyrrole nitrogens is 1. The van der Waals surface area contributed by atoms with E-state index in [0.29, 0.717) is 18.3 Å². The Hall–Kier alpha value is -2.57. The van der Waals surface area contributed by atoms with Crippen molar-refractivity contribution >= 4 is 17.6 Å². The average molecular weight is 554 g/mol. The number of carbonyl (C=O) groups is 1. The first-order valence-electron chi connectivity index (χ1n) is 15.8. The Morgan fingerprint density at radius 2 is 1.98 bits per heavy atom. The van der Waals surface area contributed by atoms with E-state index in [0.717, 1.165) is 69.1 Å². The van der Waals surface area contributed by atoms with Crippen molar-refractivity contribution in [2.75, 3.05) is 18.4 Å². The maximum Gasteiger partial charge on any atom is 0.306 e. The molecule has 0 spiro atoms. The minimum Gasteiger partial charge on any atom is -0.460 e. The minimum absolute atomic E-state index is 0.0842. The van der Waals surface area contributed by atoms with Gasteiger partial charge in [-0.15, -0.1) is 0 Å². The number of aliphatic imine (C=N–C) groups is 1. The molecule has 7 heteroatoms. The molecule has 1 saturated heterocycles. The summed E-state index contributed by atoms with van der Waals surface area (Å²) in [4.78, 5) is 20.0. The van der Waals surface area contributed by atoms with E-state index in [1.807, 2.05) is 39.8 Å². The van der Waals surface area contributed by atoms with Crippen LogP contribution in [0.1, 0.15) is 131 Å². The molecule has 7 nitrogen and oxygen atoms in total. The summed E-state index contributed by atoms with van der Waals surface area (Å²) in [6.45, 7) is 16.5. The summed E-state index contributed by atoms with van der Waals surface area (Å²) in [6.07, 6.45) is 18.4. The number of anilines is 1. The predicted octanol–water partition coefficient (Wildman–Crippen LogP) is 8.35. The quantitative estimate of drug-likeness (QED) is 0.154. The lowest BCUT2D eigenvalue weighted by Gasteiger charge is -2.43. The number of unbranched alkanes of at least 4 members (excludes halogenated alkanes) is 1. The third kappa shape index (κ3) is 9.81. The number of nitrogens with one attached hydrogen (secondary N) is 2. The van der Waals surface area contributed by atoms with Gasteiger partial charge in [0.1, 0.15) is 17.3 Å². The van der Waals surface area contributed by atoms with E-state index in [4.69, 9.17) is 9.73 Å². The molecule has 1 aromatic heterocycles. The van der Waals surface area contributed by atoms with Crippen LogP contribution in [0.25, 0.3) is 0 Å². The van der Waals surface area contributed by atoms with Gasteiger partial charge in [-0.3, -0.25) is 9.89 Å². The molecule has 0 amide bonds. The van der Waals surface area contributed by atoms with Gasteiger partial charge < -0.3 is 15.0 Å². The molecular weight excluding hydrogens is 498 g/mol. The molecule has 1 aromatic rings. The van der Waals surface area contributed by atoms with Gasteiger partial charge in [0.2, 0.25) is 0 Å². The largest absolute Gasteiger partial charge is 0.460 e. The van der Waals surface area contributed by atoms with E-state index >= 15 is 0 Å². The molecule has 224 valence electrons. The topological polar surface area (TPSA) is 82.6 Å². The van der Waals surface area contributed by atoms with Crippen molar-refractivity contribution in [1.29, 1.82) is 0 Å². The molecule has 0 radical (unpaired) electrons. The molecule has 1 aliphatic heterocycles. The number of allylic oxidation sites excluding steroid dienone is 2. The van der Waals surface area contributed by atoms with Crippen LogP contribution >= 0.6 is 0 Å². The smallest absolute Gasteiger partial charge is 0.306 e. The highest BCUT2D eigenvalue weighted by atomic mass is 16.6. The summed E-state index contributed by atoms with van der Waals surface area (Å²) in [5.74, 6) is 3.51. The van der Waals surface area contributed by atoms with Crippen LogP contribution < -0.4 is 5.32 Å². The van der Waals surface area contributed by atoms with Gasteiger partial charge in [-0.1, -0.05) is 52.5 Å². The molecule has 2 N–H and O–H groups in total. The summed E-state index contributed by atoms with van der Waals surface area (Å²) in [6, 6.07) is 2.15. The predicted molar refractivity (Wildman–Crippen MR) is 166 cm³/mol. The zero-order valence-electron chi connectivity index (χ0n) is 26.3. The number of aromatic nitrogens is 2. The van der Waals surface area contributed by atoms with Crippen molar-refractivity contribution < 1.29 is 9.53 Å². The Labute approximate surface area is 243 Å². The number of hydrogen-bond acceptors (Lipinski definition) is 5. The zero-order chi connectivity index (χ0) is 29.2. The molecular formula is C33H55N5O2. The van der Waals surface area contributed by atoms with Gasteiger partial charge in [0.15, 0.2) is 5.82 Å². The van der Waals surface area contributed by atoms with Gasteiger partial charge in [0.25, 0.3) is 0 Å². The van der Waals surface area contributed by atoms with Crippen molar-refractivity contribution in [3.05, 3.63) is 35.8 Å². The molecule has 0 aromatic carbocycles. The average Bonchev–Trinajstić information content (AvgIpc) is 3.58. The monoisotopic (exact) mass is 553 g/mol. The molecule has 2 heterocycles. The number of nitrogens with zero attached hydrogens (tertiary/aromatic N) is 3. The van der Waals surface area contributed by atoms with Crippen LogP contribution in [0.2, 0.25) is 0 Å². The van der Waals surface area contributed by atoms with E-state index in [1.165, 1.54) is 31.4 Å². The number of carbonyl (C=O) groups excluding carboxylic acids is 1. The molecule has 1 unspecified atom stereocenters. The SMILES string of the molecule is C\C=C/C(=N\C(=C\CCC)N1CCC(CC)(CC(C)CC(=O)OC(C)(C)C)CC1)Nc1cc(C2CCCC2)[nH]n1. The Kier molecular flexibility index (Phi) is 11.9. The third-order valence-electron chi connectivity index (χ3n) is 8.44. The first-order chi connectivity index (χ1) is 19.1. The number of hydrogen-bond donors (Lipinski definition) is 2. The highest BCUT2D eigenvalue weighted by Gasteiger charge is 2.35. The molecule has 1 aliphatic carbocycles. The Morgan fingerprint density at radius 3 is 2.58 bits per heavy atom. The van der Waals surface area contributed by atoms with Crippen molar-refractivity contribution in [3.8, 4) is 0 Å². The number of amidine groups is 1. The summed E-state index contributed by atoms with van der Waals surface area (Å²) < 4.78 is 5.59. The van der Waals surface area contributed by atoms with Crippen LogP contribution in [0.4, 0.5) is 5.82 Å². The zero-order valence-corrected chi connectivity index (χ0v) is 26.3. The van der Waals surface area contributed by atoms with E-state index in [-0.39, 0.29) is 11.4 Å². The summed E-state index contributed by atoms with van der Waals surface area (Å²) in [5.41, 5.74) is 1.06. The fourth-order valence-electron chi connectivity index (χ4n) is 6.28. The second kappa shape index (κ2) is 14.9. The first kappa shape index (κ1) is 32.0. The lowest BCUT2D eigenvalue weighted by atomic mass is 9.70. The molecule has 3 rings (SSSR count). The first-order valence-corrected chi connectivity index (χ1v) is 15.8. The van der Waals surface area contributed by atoms with Crippen molar-refractivity contribution in [2.24, 2.45) is 16.3 Å². The fourth-order valence-corrected chi connectivity index (χ4v) is 6.28.